The van der Waals surface area contributed by atoms with Crippen LogP contribution in [0.2, 0.25) is 0 Å². The van der Waals surface area contributed by atoms with E-state index in [0.717, 1.165) is 181 Å². The molecule has 106 heavy (non-hydrogen) atoms. The molecule has 16 radical (unpaired) electrons. The van der Waals surface area contributed by atoms with E-state index in [2.05, 4.69) is 264 Å². The Labute approximate surface area is 711 Å². The van der Waals surface area contributed by atoms with E-state index in [9.17, 15) is 0 Å². The monoisotopic (exact) mass is 1580 g/mol. The normalized spacial score (nSPS) is 11.8. The number of aryl methyl sites for hydroxylation is 17. The maximum Gasteiger partial charge on any atom is 1.00 e. The summed E-state index contributed by atoms with van der Waals surface area (Å²) in [6, 6.07) is 22.8. The fraction of sp³-hybridized carbons (Fsp3) is 0.341. The molecule has 0 aliphatic heterocycles. The molecule has 520 valence electrons. The molecule has 10 rings (SSSR count). The van der Waals surface area contributed by atoms with Gasteiger partial charge in [-0.3, -0.25) is 0 Å². The van der Waals surface area contributed by atoms with Crippen LogP contribution in [0.15, 0.2) is 48.5 Å². The van der Waals surface area contributed by atoms with Gasteiger partial charge in [0.25, 0.3) is 0 Å². The summed E-state index contributed by atoms with van der Waals surface area (Å²) in [6.07, 6.45) is 2.43. The molecule has 0 atom stereocenters. The predicted molar refractivity (Wildman–Crippen MR) is 490 cm³/mol. The molecule has 0 heterocycles. The molecular weight excluding hydrogens is 1480 g/mol. The fourth-order valence-corrected chi connectivity index (χ4v) is 31.5. The molecule has 10 aromatic carbocycles. The van der Waals surface area contributed by atoms with Crippen molar-refractivity contribution in [1.82, 2.24) is 0 Å². The maximum atomic E-state index is 8.47. The molecule has 0 saturated carbocycles. The number of hydrogen-bond acceptors (Lipinski definition) is 1. The number of benzene rings is 10. The minimum Gasteiger partial charge on any atom is -0.398 e. The minimum absolute atomic E-state index is 0. The second-order valence-corrected chi connectivity index (χ2v) is 40.3. The van der Waals surface area contributed by atoms with Crippen LogP contribution < -0.4 is 143 Å². The standard InChI is InChI=1S/C91H99B8INP4.K/c1-41-28-50(10)84(60(20)74(41)92)102(85-51(11)29-42(2)75(93)61(85)21)37-68-36-49(9)82(100)70(39-104(88-54(14)32-45(5)78(96)64(88)24)89-55(15)33-46(6)79(97)65(89)25)72(68)73-69(38-103(86-52(12)30-43(3)76(94)62(86)22)87-53(13)31-44(4)77(95)63(87)23)58(18)59(19)83(101)71(73)40-105(90-56(16)34-47(7)80(98)66(90)26)91-57(17)35-48(8)81(99)67(91)27;/h28-35H,37-40,101H2,1-27H3;/q-1;+1. The van der Waals surface area contributed by atoms with Crippen molar-refractivity contribution in [1.29, 1.82) is 0 Å². The Hall–Kier alpha value is -3.39. The molecule has 0 amide bonds. The first-order chi connectivity index (χ1) is 49.0. The Balaban J connectivity index is 0.0000130. The molecule has 1 nitrogen and oxygen atoms in total. The van der Waals surface area contributed by atoms with E-state index in [4.69, 9.17) is 68.5 Å². The van der Waals surface area contributed by atoms with Crippen molar-refractivity contribution in [2.24, 2.45) is 0 Å². The van der Waals surface area contributed by atoms with Crippen molar-refractivity contribution in [2.75, 3.05) is 5.73 Å². The molecular formula is C91H99B8IKNP4. The summed E-state index contributed by atoms with van der Waals surface area (Å²) >= 11 is 2.72. The van der Waals surface area contributed by atoms with Crippen LogP contribution in [0.5, 0.6) is 0 Å². The number of halogens is 1. The van der Waals surface area contributed by atoms with Gasteiger partial charge in [0.2, 0.25) is 0 Å². The number of hydrogen-bond donors (Lipinski definition) is 1. The second-order valence-electron chi connectivity index (χ2n) is 30.9. The van der Waals surface area contributed by atoms with E-state index in [-0.39, 0.29) is 51.4 Å². The van der Waals surface area contributed by atoms with Crippen LogP contribution in [-0.4, -0.2) is 62.8 Å². The molecule has 0 bridgehead atoms. The summed E-state index contributed by atoms with van der Waals surface area (Å²) in [6.45, 7) is 60.1. The van der Waals surface area contributed by atoms with E-state index >= 15 is 0 Å². The van der Waals surface area contributed by atoms with Gasteiger partial charge in [0, 0.05) is 18.0 Å². The van der Waals surface area contributed by atoms with Gasteiger partial charge in [-0.05, 0) is 378 Å². The first-order valence-corrected chi connectivity index (χ1v) is 43.8. The van der Waals surface area contributed by atoms with Gasteiger partial charge in [-0.1, -0.05) is 153 Å². The zero-order valence-electron chi connectivity index (χ0n) is 68.8. The summed E-state index contributed by atoms with van der Waals surface area (Å²) in [5, 5.41) is 10.1. The Bertz CT molecular complexity index is 4910. The summed E-state index contributed by atoms with van der Waals surface area (Å²) < 4.78 is 1.15. The van der Waals surface area contributed by atoms with Crippen molar-refractivity contribution in [3.8, 4) is 11.1 Å². The van der Waals surface area contributed by atoms with Gasteiger partial charge in [-0.25, -0.2) is 0 Å². The van der Waals surface area contributed by atoms with Crippen LogP contribution >= 0.6 is 54.3 Å². The van der Waals surface area contributed by atoms with Gasteiger partial charge in [0.05, 0.1) is 0 Å². The quantitative estimate of drug-likeness (QED) is 0.0318. The Morgan fingerprint density at radius 1 is 0.264 bits per heavy atom. The van der Waals surface area contributed by atoms with Crippen LogP contribution in [-0.2, 0) is 24.6 Å². The largest absolute Gasteiger partial charge is 1.00 e. The average molecular weight is 1580 g/mol. The minimum atomic E-state index is -1.37. The van der Waals surface area contributed by atoms with Crippen molar-refractivity contribution in [3.05, 3.63) is 231 Å². The van der Waals surface area contributed by atoms with Gasteiger partial charge in [-0.15, -0.1) is 39.3 Å². The van der Waals surface area contributed by atoms with Crippen molar-refractivity contribution < 1.29 is 51.4 Å². The molecule has 0 spiro atoms. The predicted octanol–water partition coefficient (Wildman–Crippen LogP) is 9.55. The molecule has 10 aromatic rings. The first kappa shape index (κ1) is 86.6. The van der Waals surface area contributed by atoms with Crippen molar-refractivity contribution >= 4 is 209 Å². The maximum absolute atomic E-state index is 8.47. The zero-order chi connectivity index (χ0) is 77.9. The van der Waals surface area contributed by atoms with Crippen LogP contribution in [0.25, 0.3) is 11.1 Å². The van der Waals surface area contributed by atoms with Crippen LogP contribution in [0.1, 0.15) is 172 Å². The summed E-state index contributed by atoms with van der Waals surface area (Å²) in [7, 11) is 53.7. The molecule has 2 N–H and O–H groups in total. The summed E-state index contributed by atoms with van der Waals surface area (Å²) in [5.41, 5.74) is 52.9. The molecule has 0 unspecified atom stereocenters. The van der Waals surface area contributed by atoms with Gasteiger partial charge in [0.15, 0.2) is 0 Å². The first-order valence-electron chi connectivity index (χ1n) is 36.6. The molecule has 0 aliphatic carbocycles. The number of rotatable bonds is 17. The molecule has 0 fully saturated rings. The molecule has 15 heteroatoms. The third-order valence-electron chi connectivity index (χ3n) is 23.5. The Morgan fingerprint density at radius 3 is 0.689 bits per heavy atom. The van der Waals surface area contributed by atoms with Gasteiger partial charge < -0.3 is 5.73 Å². The smallest absolute Gasteiger partial charge is 0.398 e. The molecule has 0 saturated heterocycles. The average Bonchev–Trinajstić information content (AvgIpc) is 0.724. The topological polar surface area (TPSA) is 26.0 Å². The third kappa shape index (κ3) is 15.6. The molecule has 0 aromatic heterocycles. The number of nitrogen functional groups attached to an aromatic ring is 1. The van der Waals surface area contributed by atoms with E-state index in [1.54, 1.807) is 0 Å². The SMILES string of the molecule is [B]c1c(C)cc(C)c(P(Cc2[c-]c(C)c(I)c(CP(c3c(C)cc(C)c([B])c3C)c3c(C)cc(C)c([B])c3C)c2-c2c(CP(c3c(C)cc(C)c([B])c3C)c3c(C)cc(C)c([B])c3C)c(C)c(C)c(N)c2CP(c2c(C)cc(C)c([B])c2C)c2c(C)cc(C)c([B])c2C)c2c(C)cc(C)c([B])c2C)c1C.[K+]. The number of anilines is 1. The van der Waals surface area contributed by atoms with Gasteiger partial charge in [0.1, 0.15) is 62.8 Å². The zero-order valence-corrected chi connectivity index (χ0v) is 77.7. The van der Waals surface area contributed by atoms with E-state index in [1.807, 2.05) is 0 Å². The Morgan fingerprint density at radius 2 is 0.462 bits per heavy atom. The molecule has 0 aliphatic rings. The number of nitrogens with two attached hydrogens (primary N) is 1. The van der Waals surface area contributed by atoms with Crippen molar-refractivity contribution in [2.45, 2.75) is 212 Å². The summed E-state index contributed by atoms with van der Waals surface area (Å²) in [5.74, 6) is 0. The fourth-order valence-electron chi connectivity index (χ4n) is 17.8. The van der Waals surface area contributed by atoms with Crippen molar-refractivity contribution in [3.63, 3.8) is 0 Å². The van der Waals surface area contributed by atoms with Crippen LogP contribution in [0.4, 0.5) is 5.69 Å². The third-order valence-corrected chi connectivity index (χ3v) is 37.3. The van der Waals surface area contributed by atoms with Crippen LogP contribution in [0.3, 0.4) is 0 Å². The summed E-state index contributed by atoms with van der Waals surface area (Å²) in [4.78, 5) is 0. The van der Waals surface area contributed by atoms with Crippen LogP contribution in [0, 0.1) is 197 Å². The van der Waals surface area contributed by atoms with E-state index < -0.39 is 31.7 Å². The van der Waals surface area contributed by atoms with E-state index in [1.165, 1.54) is 98.1 Å². The second kappa shape index (κ2) is 33.7. The Kier molecular flexibility index (Phi) is 27.6. The van der Waals surface area contributed by atoms with E-state index in [0.29, 0.717) is 24.6 Å². The van der Waals surface area contributed by atoms with Gasteiger partial charge >= 0.3 is 51.4 Å². The van der Waals surface area contributed by atoms with Gasteiger partial charge in [-0.2, -0.15) is 11.6 Å².